The fraction of sp³-hybridized carbons (Fsp3) is 0.412. The third kappa shape index (κ3) is 2.88. The second kappa shape index (κ2) is 5.71. The van der Waals surface area contributed by atoms with Crippen LogP contribution < -0.4 is 10.1 Å². The number of rotatable bonds is 6. The van der Waals surface area contributed by atoms with Crippen LogP contribution in [0.3, 0.4) is 0 Å². The number of hydrogen-bond acceptors (Lipinski definition) is 3. The van der Waals surface area contributed by atoms with E-state index in [-0.39, 0.29) is 0 Å². The lowest BCUT2D eigenvalue weighted by Gasteiger charge is -2.08. The summed E-state index contributed by atoms with van der Waals surface area (Å²) in [7, 11) is 1.70. The average molecular weight is 271 g/mol. The zero-order chi connectivity index (χ0) is 13.9. The summed E-state index contributed by atoms with van der Waals surface area (Å²) >= 11 is 0. The fourth-order valence-electron chi connectivity index (χ4n) is 2.58. The number of nitrogens with one attached hydrogen (secondary N) is 1. The van der Waals surface area contributed by atoms with Crippen LogP contribution in [0.2, 0.25) is 0 Å². The van der Waals surface area contributed by atoms with Gasteiger partial charge in [0.2, 0.25) is 0 Å². The summed E-state index contributed by atoms with van der Waals surface area (Å²) < 4.78 is 11.2. The first-order valence-corrected chi connectivity index (χ1v) is 7.19. The minimum Gasteiger partial charge on any atom is -0.496 e. The Kier molecular flexibility index (Phi) is 3.79. The first-order chi connectivity index (χ1) is 9.78. The Bertz CT molecular complexity index is 576. The highest BCUT2D eigenvalue weighted by Gasteiger charge is 2.36. The van der Waals surface area contributed by atoms with Gasteiger partial charge in [0.15, 0.2) is 0 Å². The van der Waals surface area contributed by atoms with Gasteiger partial charge in [-0.25, -0.2) is 0 Å². The number of methoxy groups -OCH3 is 1. The first kappa shape index (κ1) is 13.3. The molecule has 2 atom stereocenters. The zero-order valence-corrected chi connectivity index (χ0v) is 12.1. The van der Waals surface area contributed by atoms with E-state index in [1.54, 1.807) is 7.11 Å². The SMILES string of the molecule is COc1ccccc1CNCc1ccc(C2CC2C)o1. The molecule has 2 aromatic rings. The van der Waals surface area contributed by atoms with Gasteiger partial charge in [-0.2, -0.15) is 0 Å². The van der Waals surface area contributed by atoms with Crippen LogP contribution in [0, 0.1) is 5.92 Å². The van der Waals surface area contributed by atoms with Crippen molar-refractivity contribution in [3.63, 3.8) is 0 Å². The molecular formula is C17H21NO2. The van der Waals surface area contributed by atoms with Crippen molar-refractivity contribution in [1.29, 1.82) is 0 Å². The molecule has 1 heterocycles. The maximum atomic E-state index is 5.88. The van der Waals surface area contributed by atoms with Gasteiger partial charge in [0.05, 0.1) is 13.7 Å². The second-order valence-electron chi connectivity index (χ2n) is 5.54. The van der Waals surface area contributed by atoms with Gasteiger partial charge in [-0.15, -0.1) is 0 Å². The van der Waals surface area contributed by atoms with Crippen LogP contribution in [-0.2, 0) is 13.1 Å². The molecule has 1 aliphatic carbocycles. The molecule has 1 aromatic carbocycles. The van der Waals surface area contributed by atoms with E-state index in [9.17, 15) is 0 Å². The average Bonchev–Trinajstić information content (AvgIpc) is 3.01. The van der Waals surface area contributed by atoms with Gasteiger partial charge in [0.25, 0.3) is 0 Å². The number of furan rings is 1. The molecule has 2 unspecified atom stereocenters. The highest BCUT2D eigenvalue weighted by Crippen LogP contribution is 2.47. The van der Waals surface area contributed by atoms with Gasteiger partial charge in [0, 0.05) is 18.0 Å². The predicted octanol–water partition coefficient (Wildman–Crippen LogP) is 3.70. The number of para-hydroxylation sites is 1. The lowest BCUT2D eigenvalue weighted by molar-refractivity contribution is 0.405. The minimum atomic E-state index is 0.651. The number of ether oxygens (including phenoxy) is 1. The third-order valence-electron chi connectivity index (χ3n) is 3.96. The van der Waals surface area contributed by atoms with Crippen molar-refractivity contribution in [2.75, 3.05) is 7.11 Å². The monoisotopic (exact) mass is 271 g/mol. The van der Waals surface area contributed by atoms with Gasteiger partial charge in [-0.1, -0.05) is 25.1 Å². The second-order valence-corrected chi connectivity index (χ2v) is 5.54. The van der Waals surface area contributed by atoms with Crippen molar-refractivity contribution >= 4 is 0 Å². The summed E-state index contributed by atoms with van der Waals surface area (Å²) in [6.07, 6.45) is 1.27. The molecule has 0 amide bonds. The topological polar surface area (TPSA) is 34.4 Å². The van der Waals surface area contributed by atoms with Crippen LogP contribution in [0.5, 0.6) is 5.75 Å². The molecule has 1 fully saturated rings. The molecule has 0 bridgehead atoms. The molecule has 3 nitrogen and oxygen atoms in total. The molecule has 1 N–H and O–H groups in total. The van der Waals surface area contributed by atoms with Gasteiger partial charge >= 0.3 is 0 Å². The number of hydrogen-bond donors (Lipinski definition) is 1. The molecule has 0 saturated heterocycles. The van der Waals surface area contributed by atoms with Gasteiger partial charge < -0.3 is 14.5 Å². The van der Waals surface area contributed by atoms with Crippen LogP contribution in [0.4, 0.5) is 0 Å². The van der Waals surface area contributed by atoms with Crippen molar-refractivity contribution in [3.05, 3.63) is 53.5 Å². The molecule has 0 radical (unpaired) electrons. The lowest BCUT2D eigenvalue weighted by atomic mass is 10.2. The van der Waals surface area contributed by atoms with Crippen LogP contribution in [0.15, 0.2) is 40.8 Å². The van der Waals surface area contributed by atoms with E-state index in [1.807, 2.05) is 18.2 Å². The molecular weight excluding hydrogens is 250 g/mol. The fourth-order valence-corrected chi connectivity index (χ4v) is 2.58. The van der Waals surface area contributed by atoms with E-state index in [0.717, 1.165) is 41.8 Å². The molecule has 106 valence electrons. The third-order valence-corrected chi connectivity index (χ3v) is 3.96. The smallest absolute Gasteiger partial charge is 0.123 e. The Morgan fingerprint density at radius 2 is 2.00 bits per heavy atom. The van der Waals surface area contributed by atoms with E-state index in [1.165, 1.54) is 6.42 Å². The number of benzene rings is 1. The molecule has 1 aromatic heterocycles. The molecule has 1 saturated carbocycles. The summed E-state index contributed by atoms with van der Waals surface area (Å²) in [6, 6.07) is 12.3. The molecule has 0 spiro atoms. The highest BCUT2D eigenvalue weighted by atomic mass is 16.5. The van der Waals surface area contributed by atoms with Crippen molar-refractivity contribution in [2.45, 2.75) is 32.4 Å². The Labute approximate surface area is 119 Å². The van der Waals surface area contributed by atoms with Crippen molar-refractivity contribution in [2.24, 2.45) is 5.92 Å². The van der Waals surface area contributed by atoms with Gasteiger partial charge in [-0.05, 0) is 30.5 Å². The van der Waals surface area contributed by atoms with E-state index in [0.29, 0.717) is 5.92 Å². The standard InChI is InChI=1S/C17H21NO2/c1-12-9-15(12)17-8-7-14(20-17)11-18-10-13-5-3-4-6-16(13)19-2/h3-8,12,15,18H,9-11H2,1-2H3. The van der Waals surface area contributed by atoms with Crippen molar-refractivity contribution < 1.29 is 9.15 Å². The van der Waals surface area contributed by atoms with E-state index >= 15 is 0 Å². The van der Waals surface area contributed by atoms with Crippen molar-refractivity contribution in [3.8, 4) is 5.75 Å². The van der Waals surface area contributed by atoms with Crippen LogP contribution >= 0.6 is 0 Å². The molecule has 20 heavy (non-hydrogen) atoms. The summed E-state index contributed by atoms with van der Waals surface area (Å²) in [4.78, 5) is 0. The summed E-state index contributed by atoms with van der Waals surface area (Å²) in [5.74, 6) is 4.51. The van der Waals surface area contributed by atoms with Crippen LogP contribution in [-0.4, -0.2) is 7.11 Å². The van der Waals surface area contributed by atoms with Gasteiger partial charge in [0.1, 0.15) is 17.3 Å². The van der Waals surface area contributed by atoms with E-state index < -0.39 is 0 Å². The maximum absolute atomic E-state index is 5.88. The summed E-state index contributed by atoms with van der Waals surface area (Å²) in [5, 5.41) is 3.40. The van der Waals surface area contributed by atoms with Gasteiger partial charge in [-0.3, -0.25) is 0 Å². The van der Waals surface area contributed by atoms with Crippen LogP contribution in [0.1, 0.15) is 36.3 Å². The molecule has 3 heteroatoms. The summed E-state index contributed by atoms with van der Waals surface area (Å²) in [6.45, 7) is 3.80. The Morgan fingerprint density at radius 3 is 2.75 bits per heavy atom. The molecule has 1 aliphatic rings. The zero-order valence-electron chi connectivity index (χ0n) is 12.1. The Morgan fingerprint density at radius 1 is 1.20 bits per heavy atom. The Hall–Kier alpha value is -1.74. The minimum absolute atomic E-state index is 0.651. The van der Waals surface area contributed by atoms with E-state index in [4.69, 9.17) is 9.15 Å². The quantitative estimate of drug-likeness (QED) is 0.870. The first-order valence-electron chi connectivity index (χ1n) is 7.19. The molecule has 0 aliphatic heterocycles. The van der Waals surface area contributed by atoms with Crippen LogP contribution in [0.25, 0.3) is 0 Å². The largest absolute Gasteiger partial charge is 0.496 e. The van der Waals surface area contributed by atoms with E-state index in [2.05, 4.69) is 30.4 Å². The van der Waals surface area contributed by atoms with Crippen molar-refractivity contribution in [1.82, 2.24) is 5.32 Å². The highest BCUT2D eigenvalue weighted by molar-refractivity contribution is 5.33. The normalized spacial score (nSPS) is 20.9. The maximum Gasteiger partial charge on any atom is 0.123 e. The molecule has 3 rings (SSSR count). The summed E-state index contributed by atoms with van der Waals surface area (Å²) in [5.41, 5.74) is 1.16. The lowest BCUT2D eigenvalue weighted by Crippen LogP contribution is -2.12. The predicted molar refractivity (Wildman–Crippen MR) is 78.8 cm³/mol. The Balaban J connectivity index is 1.53.